The molecular formula is C11H10N2O6S. The van der Waals surface area contributed by atoms with Gasteiger partial charge in [-0.15, -0.1) is 0 Å². The summed E-state index contributed by atoms with van der Waals surface area (Å²) in [6.45, 7) is -0.559. The molecule has 0 radical (unpaired) electrons. The Morgan fingerprint density at radius 3 is 2.70 bits per heavy atom. The molecule has 106 valence electrons. The number of esters is 1. The summed E-state index contributed by atoms with van der Waals surface area (Å²) in [5.74, 6) is -1.91. The number of sulfonamides is 1. The van der Waals surface area contributed by atoms with Gasteiger partial charge in [-0.3, -0.25) is 14.5 Å². The first kappa shape index (κ1) is 14.0. The van der Waals surface area contributed by atoms with Gasteiger partial charge in [-0.25, -0.2) is 13.2 Å². The number of hydrogen-bond acceptors (Lipinski definition) is 6. The average Bonchev–Trinajstić information content (AvgIpc) is 2.66. The minimum atomic E-state index is -3.85. The van der Waals surface area contributed by atoms with Gasteiger partial charge in [-0.1, -0.05) is 0 Å². The molecule has 1 heterocycles. The maximum Gasteiger partial charge on any atom is 0.337 e. The van der Waals surface area contributed by atoms with E-state index in [9.17, 15) is 18.0 Å². The molecule has 0 unspecified atom stereocenters. The van der Waals surface area contributed by atoms with Crippen molar-refractivity contribution in [1.29, 1.82) is 0 Å². The second kappa shape index (κ2) is 4.93. The van der Waals surface area contributed by atoms with Crippen LogP contribution in [0.4, 0.5) is 0 Å². The fourth-order valence-corrected chi connectivity index (χ4v) is 2.96. The van der Waals surface area contributed by atoms with E-state index in [0.717, 1.165) is 6.07 Å². The maximum atomic E-state index is 11.9. The highest BCUT2D eigenvalue weighted by atomic mass is 32.2. The number of aliphatic carboxylic acids is 1. The first-order valence-corrected chi connectivity index (χ1v) is 6.85. The standard InChI is InChI=1S/C11H10N2O6S/c1-19-11(16)6-2-3-7-8(4-6)20(17,18)13-10(7)12-5-9(14)15/h2-4H,5H2,1H3,(H,12,13)(H,14,15). The van der Waals surface area contributed by atoms with Crippen molar-refractivity contribution in [3.63, 3.8) is 0 Å². The third-order valence-electron chi connectivity index (χ3n) is 2.55. The van der Waals surface area contributed by atoms with Crippen molar-refractivity contribution in [3.05, 3.63) is 29.3 Å². The highest BCUT2D eigenvalue weighted by molar-refractivity contribution is 7.90. The highest BCUT2D eigenvalue weighted by Crippen LogP contribution is 2.24. The Labute approximate surface area is 114 Å². The molecule has 1 aromatic carbocycles. The summed E-state index contributed by atoms with van der Waals surface area (Å²) < 4.78 is 30.4. The topological polar surface area (TPSA) is 122 Å². The van der Waals surface area contributed by atoms with E-state index in [1.807, 2.05) is 0 Å². The van der Waals surface area contributed by atoms with Gasteiger partial charge in [0.15, 0.2) is 0 Å². The van der Waals surface area contributed by atoms with Crippen LogP contribution >= 0.6 is 0 Å². The van der Waals surface area contributed by atoms with E-state index in [4.69, 9.17) is 5.11 Å². The summed E-state index contributed by atoms with van der Waals surface area (Å²) in [4.78, 5) is 25.4. The molecule has 2 N–H and O–H groups in total. The van der Waals surface area contributed by atoms with E-state index < -0.39 is 28.5 Å². The summed E-state index contributed by atoms with van der Waals surface area (Å²) in [5.41, 5.74) is 0.301. The van der Waals surface area contributed by atoms with Crippen LogP contribution in [0.1, 0.15) is 15.9 Å². The number of carbonyl (C=O) groups excluding carboxylic acids is 1. The number of hydrogen-bond donors (Lipinski definition) is 2. The zero-order valence-electron chi connectivity index (χ0n) is 10.3. The van der Waals surface area contributed by atoms with Gasteiger partial charge in [0.05, 0.1) is 17.6 Å². The van der Waals surface area contributed by atoms with Gasteiger partial charge < -0.3 is 9.84 Å². The van der Waals surface area contributed by atoms with Gasteiger partial charge in [0.25, 0.3) is 10.0 Å². The zero-order valence-corrected chi connectivity index (χ0v) is 11.1. The first-order chi connectivity index (χ1) is 9.35. The van der Waals surface area contributed by atoms with Gasteiger partial charge in [0, 0.05) is 5.56 Å². The Morgan fingerprint density at radius 1 is 1.40 bits per heavy atom. The van der Waals surface area contributed by atoms with E-state index >= 15 is 0 Å². The van der Waals surface area contributed by atoms with Crippen molar-refractivity contribution >= 4 is 27.8 Å². The summed E-state index contributed by atoms with van der Waals surface area (Å²) in [5, 5.41) is 8.56. The number of fused-ring (bicyclic) bond motifs is 1. The SMILES string of the molecule is COC(=O)c1ccc2c(c1)S(=O)(=O)NC2=NCC(=O)O. The molecule has 1 aromatic rings. The van der Waals surface area contributed by atoms with Crippen molar-refractivity contribution < 1.29 is 27.9 Å². The Bertz CT molecular complexity index is 722. The first-order valence-electron chi connectivity index (χ1n) is 5.37. The predicted molar refractivity (Wildman–Crippen MR) is 67.1 cm³/mol. The van der Waals surface area contributed by atoms with Gasteiger partial charge in [-0.05, 0) is 18.2 Å². The Kier molecular flexibility index (Phi) is 3.45. The molecule has 8 nitrogen and oxygen atoms in total. The van der Waals surface area contributed by atoms with Crippen LogP contribution < -0.4 is 4.72 Å². The summed E-state index contributed by atoms with van der Waals surface area (Å²) in [7, 11) is -2.67. The molecule has 2 rings (SSSR count). The maximum absolute atomic E-state index is 11.9. The second-order valence-corrected chi connectivity index (χ2v) is 5.52. The molecule has 0 saturated heterocycles. The Balaban J connectivity index is 2.51. The normalized spacial score (nSPS) is 17.4. The molecule has 0 amide bonds. The molecule has 0 bridgehead atoms. The zero-order chi connectivity index (χ0) is 14.9. The minimum Gasteiger partial charge on any atom is -0.480 e. The van der Waals surface area contributed by atoms with Crippen molar-refractivity contribution in [1.82, 2.24) is 4.72 Å². The van der Waals surface area contributed by atoms with Crippen LogP contribution in [0.5, 0.6) is 0 Å². The van der Waals surface area contributed by atoms with Crippen molar-refractivity contribution in [3.8, 4) is 0 Å². The van der Waals surface area contributed by atoms with Crippen LogP contribution in [0.2, 0.25) is 0 Å². The molecule has 0 aromatic heterocycles. The smallest absolute Gasteiger partial charge is 0.337 e. The lowest BCUT2D eigenvalue weighted by molar-refractivity contribution is -0.135. The van der Waals surface area contributed by atoms with Crippen molar-refractivity contribution in [2.75, 3.05) is 13.7 Å². The molecule has 0 atom stereocenters. The van der Waals surface area contributed by atoms with E-state index in [0.29, 0.717) is 0 Å². The van der Waals surface area contributed by atoms with Crippen molar-refractivity contribution in [2.45, 2.75) is 4.90 Å². The van der Waals surface area contributed by atoms with E-state index in [-0.39, 0.29) is 21.9 Å². The van der Waals surface area contributed by atoms with E-state index in [1.54, 1.807) is 0 Å². The number of benzene rings is 1. The van der Waals surface area contributed by atoms with Gasteiger partial charge in [0.1, 0.15) is 12.4 Å². The van der Waals surface area contributed by atoms with Crippen LogP contribution in [0.3, 0.4) is 0 Å². The molecule has 9 heteroatoms. The fourth-order valence-electron chi connectivity index (χ4n) is 1.69. The van der Waals surface area contributed by atoms with E-state index in [2.05, 4.69) is 14.5 Å². The number of nitrogens with zero attached hydrogens (tertiary/aromatic N) is 1. The summed E-state index contributed by atoms with van der Waals surface area (Å²) in [6.07, 6.45) is 0. The lowest BCUT2D eigenvalue weighted by Gasteiger charge is -2.01. The number of nitrogens with one attached hydrogen (secondary N) is 1. The number of carboxylic acids is 1. The third kappa shape index (κ3) is 2.48. The fraction of sp³-hybridized carbons (Fsp3) is 0.182. The molecule has 1 aliphatic heterocycles. The largest absolute Gasteiger partial charge is 0.480 e. The molecule has 0 saturated carbocycles. The molecule has 1 aliphatic rings. The predicted octanol–water partition coefficient (Wildman–Crippen LogP) is -0.404. The molecule has 0 spiro atoms. The lowest BCUT2D eigenvalue weighted by atomic mass is 10.1. The number of carboxylic acid groups (broad SMARTS) is 1. The molecule has 20 heavy (non-hydrogen) atoms. The van der Waals surface area contributed by atoms with Crippen LogP contribution in [-0.4, -0.2) is 45.0 Å². The molecule has 0 fully saturated rings. The van der Waals surface area contributed by atoms with Crippen LogP contribution in [0.15, 0.2) is 28.1 Å². The monoisotopic (exact) mass is 298 g/mol. The average molecular weight is 298 g/mol. The van der Waals surface area contributed by atoms with Crippen LogP contribution in [0, 0.1) is 0 Å². The number of rotatable bonds is 3. The number of amidine groups is 1. The van der Waals surface area contributed by atoms with E-state index in [1.165, 1.54) is 19.2 Å². The number of carbonyl (C=O) groups is 2. The highest BCUT2D eigenvalue weighted by Gasteiger charge is 2.31. The van der Waals surface area contributed by atoms with Crippen molar-refractivity contribution in [2.24, 2.45) is 4.99 Å². The summed E-state index contributed by atoms with van der Waals surface area (Å²) in [6, 6.07) is 3.91. The molecule has 0 aliphatic carbocycles. The number of aliphatic imine (C=N–C) groups is 1. The van der Waals surface area contributed by atoms with Crippen LogP contribution in [-0.2, 0) is 19.6 Å². The third-order valence-corrected chi connectivity index (χ3v) is 3.93. The van der Waals surface area contributed by atoms with Crippen LogP contribution in [0.25, 0.3) is 0 Å². The second-order valence-electron chi connectivity index (χ2n) is 3.87. The Hall–Kier alpha value is -2.42. The molecular weight excluding hydrogens is 288 g/mol. The number of ether oxygens (including phenoxy) is 1. The van der Waals surface area contributed by atoms with Gasteiger partial charge in [-0.2, -0.15) is 0 Å². The van der Waals surface area contributed by atoms with Gasteiger partial charge >= 0.3 is 11.9 Å². The number of methoxy groups -OCH3 is 1. The quantitative estimate of drug-likeness (QED) is 0.732. The summed E-state index contributed by atoms with van der Waals surface area (Å²) >= 11 is 0. The minimum absolute atomic E-state index is 0.0567. The van der Waals surface area contributed by atoms with Gasteiger partial charge in [0.2, 0.25) is 0 Å². The lowest BCUT2D eigenvalue weighted by Crippen LogP contribution is -2.23. The Morgan fingerprint density at radius 2 is 2.10 bits per heavy atom.